The van der Waals surface area contributed by atoms with E-state index < -0.39 is 11.9 Å². The van der Waals surface area contributed by atoms with E-state index in [0.717, 1.165) is 10.8 Å². The van der Waals surface area contributed by atoms with Crippen molar-refractivity contribution >= 4 is 16.7 Å². The zero-order valence-electron chi connectivity index (χ0n) is 14.7. The van der Waals surface area contributed by atoms with Crippen molar-refractivity contribution in [2.24, 2.45) is 5.73 Å². The number of fused-ring (bicyclic) bond motifs is 2. The molecule has 0 saturated carbocycles. The van der Waals surface area contributed by atoms with Crippen LogP contribution in [0.5, 0.6) is 11.5 Å². The fourth-order valence-corrected chi connectivity index (χ4v) is 3.31. The molecule has 3 aromatic rings. The maximum Gasteiger partial charge on any atom is 0.340 e. The standard InChI is InChI=1S/C21H18N2O4/c1-2-26-21(25)19-18(15-8-7-14(24)10-17(15)27-20(19)22)16-9-12-5-3-4-6-13(12)11-23-16/h3-11,18,24H,2,22H2,1H3. The first-order valence-corrected chi connectivity index (χ1v) is 8.60. The Balaban J connectivity index is 1.93. The molecule has 1 atom stereocenters. The van der Waals surface area contributed by atoms with Gasteiger partial charge in [0.2, 0.25) is 5.88 Å². The zero-order valence-corrected chi connectivity index (χ0v) is 14.7. The Morgan fingerprint density at radius 2 is 2.00 bits per heavy atom. The van der Waals surface area contributed by atoms with Gasteiger partial charge in [-0.15, -0.1) is 0 Å². The number of benzene rings is 2. The first kappa shape index (κ1) is 16.9. The van der Waals surface area contributed by atoms with Crippen LogP contribution in [-0.4, -0.2) is 22.7 Å². The van der Waals surface area contributed by atoms with Gasteiger partial charge in [-0.25, -0.2) is 4.79 Å². The van der Waals surface area contributed by atoms with Gasteiger partial charge in [-0.2, -0.15) is 0 Å². The third-order valence-corrected chi connectivity index (χ3v) is 4.53. The number of nitrogens with two attached hydrogens (primary N) is 1. The highest BCUT2D eigenvalue weighted by atomic mass is 16.5. The highest BCUT2D eigenvalue weighted by Crippen LogP contribution is 2.43. The van der Waals surface area contributed by atoms with Crippen LogP contribution in [0.2, 0.25) is 0 Å². The molecule has 3 N–H and O–H groups in total. The summed E-state index contributed by atoms with van der Waals surface area (Å²) >= 11 is 0. The molecule has 0 radical (unpaired) electrons. The molecule has 4 rings (SSSR count). The summed E-state index contributed by atoms with van der Waals surface area (Å²) in [6.07, 6.45) is 1.76. The van der Waals surface area contributed by atoms with Crippen LogP contribution in [0.1, 0.15) is 24.1 Å². The molecule has 6 nitrogen and oxygen atoms in total. The predicted octanol–water partition coefficient (Wildman–Crippen LogP) is 3.20. The smallest absolute Gasteiger partial charge is 0.340 e. The Labute approximate surface area is 155 Å². The van der Waals surface area contributed by atoms with Crippen molar-refractivity contribution in [3.05, 3.63) is 77.4 Å². The van der Waals surface area contributed by atoms with Crippen molar-refractivity contribution < 1.29 is 19.4 Å². The minimum absolute atomic E-state index is 0.0476. The van der Waals surface area contributed by atoms with Gasteiger partial charge in [-0.05, 0) is 24.4 Å². The quantitative estimate of drug-likeness (QED) is 0.695. The number of ether oxygens (including phenoxy) is 2. The Kier molecular flexibility index (Phi) is 4.16. The van der Waals surface area contributed by atoms with E-state index in [9.17, 15) is 9.90 Å². The van der Waals surface area contributed by atoms with E-state index >= 15 is 0 Å². The summed E-state index contributed by atoms with van der Waals surface area (Å²) in [6, 6.07) is 14.5. The lowest BCUT2D eigenvalue weighted by molar-refractivity contribution is -0.139. The Morgan fingerprint density at radius 1 is 1.22 bits per heavy atom. The largest absolute Gasteiger partial charge is 0.508 e. The second kappa shape index (κ2) is 6.64. The number of hydrogen-bond acceptors (Lipinski definition) is 6. The molecule has 0 aliphatic carbocycles. The minimum Gasteiger partial charge on any atom is -0.508 e. The Hall–Kier alpha value is -3.54. The van der Waals surface area contributed by atoms with E-state index in [1.807, 2.05) is 30.3 Å². The van der Waals surface area contributed by atoms with E-state index in [1.165, 1.54) is 6.07 Å². The molecule has 1 unspecified atom stereocenters. The minimum atomic E-state index is -0.557. The Bertz CT molecular complexity index is 1070. The molecule has 0 spiro atoms. The van der Waals surface area contributed by atoms with E-state index in [0.29, 0.717) is 17.0 Å². The lowest BCUT2D eigenvalue weighted by Gasteiger charge is -2.28. The third kappa shape index (κ3) is 2.95. The summed E-state index contributed by atoms with van der Waals surface area (Å²) in [7, 11) is 0. The summed E-state index contributed by atoms with van der Waals surface area (Å²) < 4.78 is 10.8. The molecule has 136 valence electrons. The van der Waals surface area contributed by atoms with Gasteiger partial charge in [-0.3, -0.25) is 4.98 Å². The van der Waals surface area contributed by atoms with Crippen LogP contribution in [0.3, 0.4) is 0 Å². The molecule has 0 bridgehead atoms. The number of hydrogen-bond donors (Lipinski definition) is 2. The van der Waals surface area contributed by atoms with Crippen molar-refractivity contribution in [1.29, 1.82) is 0 Å². The highest BCUT2D eigenvalue weighted by Gasteiger charge is 2.36. The first-order valence-electron chi connectivity index (χ1n) is 8.60. The number of carbonyl (C=O) groups is 1. The summed E-state index contributed by atoms with van der Waals surface area (Å²) in [4.78, 5) is 17.2. The number of pyridine rings is 1. The van der Waals surface area contributed by atoms with Crippen molar-refractivity contribution in [3.8, 4) is 11.5 Å². The molecule has 27 heavy (non-hydrogen) atoms. The molecule has 0 saturated heterocycles. The first-order chi connectivity index (χ1) is 13.1. The number of phenols is 1. The second-order valence-electron chi connectivity index (χ2n) is 6.21. The van der Waals surface area contributed by atoms with Crippen LogP contribution in [0.15, 0.2) is 66.2 Å². The van der Waals surface area contributed by atoms with Crippen molar-refractivity contribution in [1.82, 2.24) is 4.98 Å². The normalized spacial score (nSPS) is 16.0. The van der Waals surface area contributed by atoms with Gasteiger partial charge >= 0.3 is 5.97 Å². The number of rotatable bonds is 3. The number of phenolic OH excluding ortho intramolecular Hbond substituents is 1. The summed E-state index contributed by atoms with van der Waals surface area (Å²) in [5.74, 6) is -0.718. The Morgan fingerprint density at radius 3 is 2.78 bits per heavy atom. The third-order valence-electron chi connectivity index (χ3n) is 4.53. The van der Waals surface area contributed by atoms with Crippen molar-refractivity contribution in [3.63, 3.8) is 0 Å². The average molecular weight is 362 g/mol. The van der Waals surface area contributed by atoms with Gasteiger partial charge < -0.3 is 20.3 Å². The maximum atomic E-state index is 12.6. The number of nitrogens with zero attached hydrogens (tertiary/aromatic N) is 1. The van der Waals surface area contributed by atoms with Crippen LogP contribution < -0.4 is 10.5 Å². The topological polar surface area (TPSA) is 94.7 Å². The van der Waals surface area contributed by atoms with E-state index in [2.05, 4.69) is 4.98 Å². The van der Waals surface area contributed by atoms with E-state index in [4.69, 9.17) is 15.2 Å². The predicted molar refractivity (Wildman–Crippen MR) is 100 cm³/mol. The van der Waals surface area contributed by atoms with Crippen molar-refractivity contribution in [2.75, 3.05) is 6.61 Å². The summed E-state index contributed by atoms with van der Waals surface area (Å²) in [6.45, 7) is 1.95. The highest BCUT2D eigenvalue weighted by molar-refractivity contribution is 5.93. The maximum absolute atomic E-state index is 12.6. The SMILES string of the molecule is CCOC(=O)C1=C(N)Oc2cc(O)ccc2C1c1cc2ccccc2cn1. The van der Waals surface area contributed by atoms with Gasteiger partial charge in [-0.1, -0.05) is 30.3 Å². The van der Waals surface area contributed by atoms with Gasteiger partial charge in [0.1, 0.15) is 17.1 Å². The lowest BCUT2D eigenvalue weighted by Crippen LogP contribution is -2.27. The van der Waals surface area contributed by atoms with Crippen LogP contribution in [-0.2, 0) is 9.53 Å². The lowest BCUT2D eigenvalue weighted by atomic mass is 9.85. The van der Waals surface area contributed by atoms with E-state index in [1.54, 1.807) is 25.3 Å². The van der Waals surface area contributed by atoms with Crippen LogP contribution >= 0.6 is 0 Å². The molecule has 0 amide bonds. The number of aromatic hydroxyl groups is 1. The zero-order chi connectivity index (χ0) is 19.0. The fourth-order valence-electron chi connectivity index (χ4n) is 3.31. The second-order valence-corrected chi connectivity index (χ2v) is 6.21. The van der Waals surface area contributed by atoms with Crippen LogP contribution in [0.4, 0.5) is 0 Å². The van der Waals surface area contributed by atoms with Gasteiger partial charge in [0.05, 0.1) is 18.2 Å². The van der Waals surface area contributed by atoms with Crippen molar-refractivity contribution in [2.45, 2.75) is 12.8 Å². The van der Waals surface area contributed by atoms with E-state index in [-0.39, 0.29) is 23.8 Å². The van der Waals surface area contributed by atoms with Crippen LogP contribution in [0.25, 0.3) is 10.8 Å². The number of carbonyl (C=O) groups excluding carboxylic acids is 1. The molecule has 0 fully saturated rings. The van der Waals surface area contributed by atoms with Gasteiger partial charge in [0, 0.05) is 23.2 Å². The molecule has 2 aromatic carbocycles. The molecular formula is C21H18N2O4. The molecule has 1 aromatic heterocycles. The van der Waals surface area contributed by atoms with Crippen LogP contribution in [0, 0.1) is 0 Å². The molecule has 2 heterocycles. The average Bonchev–Trinajstić information content (AvgIpc) is 2.66. The molecule has 6 heteroatoms. The number of aromatic nitrogens is 1. The summed E-state index contributed by atoms with van der Waals surface area (Å²) in [5.41, 5.74) is 7.60. The molecule has 1 aliphatic heterocycles. The monoisotopic (exact) mass is 362 g/mol. The fraction of sp³-hybridized carbons (Fsp3) is 0.143. The van der Waals surface area contributed by atoms with Gasteiger partial charge in [0.25, 0.3) is 0 Å². The van der Waals surface area contributed by atoms with Gasteiger partial charge in [0.15, 0.2) is 0 Å². The molecule has 1 aliphatic rings. The number of esters is 1. The summed E-state index contributed by atoms with van der Waals surface area (Å²) in [5, 5.41) is 11.8. The molecular weight excluding hydrogens is 344 g/mol.